The maximum Gasteiger partial charge on any atom is 0.261 e. The molecule has 0 aliphatic heterocycles. The number of para-hydroxylation sites is 1. The number of aromatic nitrogens is 2. The van der Waals surface area contributed by atoms with Crippen LogP contribution in [0.4, 0.5) is 0 Å². The lowest BCUT2D eigenvalue weighted by molar-refractivity contribution is 0.344. The minimum Gasteiger partial charge on any atom is -0.493 e. The second-order valence-corrected chi connectivity index (χ2v) is 6.43. The van der Waals surface area contributed by atoms with Crippen molar-refractivity contribution in [3.05, 3.63) is 63.9 Å². The molecule has 0 unspecified atom stereocenters. The number of halogens is 1. The summed E-state index contributed by atoms with van der Waals surface area (Å²) in [5.74, 6) is 1.47. The number of rotatable bonds is 5. The van der Waals surface area contributed by atoms with Crippen LogP contribution in [0.15, 0.2) is 58.5 Å². The zero-order chi connectivity index (χ0) is 16.2. The lowest BCUT2D eigenvalue weighted by atomic mass is 10.2. The van der Waals surface area contributed by atoms with Crippen LogP contribution in [-0.4, -0.2) is 21.9 Å². The van der Waals surface area contributed by atoms with Crippen LogP contribution in [0.1, 0.15) is 0 Å². The Morgan fingerprint density at radius 1 is 1.17 bits per heavy atom. The van der Waals surface area contributed by atoms with Crippen molar-refractivity contribution in [2.45, 2.75) is 5.16 Å². The van der Waals surface area contributed by atoms with E-state index in [-0.39, 0.29) is 5.56 Å². The number of hydrogen-bond acceptors (Lipinski definition) is 4. The van der Waals surface area contributed by atoms with Gasteiger partial charge in [-0.15, -0.1) is 0 Å². The molecular weight excluding hydrogens is 332 g/mol. The van der Waals surface area contributed by atoms with Crippen molar-refractivity contribution in [1.29, 1.82) is 0 Å². The van der Waals surface area contributed by atoms with Gasteiger partial charge in [-0.1, -0.05) is 35.5 Å². The van der Waals surface area contributed by atoms with Crippen LogP contribution in [0.3, 0.4) is 0 Å². The van der Waals surface area contributed by atoms with Crippen LogP contribution in [0.5, 0.6) is 5.75 Å². The van der Waals surface area contributed by atoms with Gasteiger partial charge >= 0.3 is 0 Å². The number of hydrogen-bond donors (Lipinski definition) is 0. The van der Waals surface area contributed by atoms with E-state index >= 15 is 0 Å². The zero-order valence-electron chi connectivity index (χ0n) is 12.5. The molecule has 1 heterocycles. The molecule has 0 aliphatic carbocycles. The molecule has 0 bridgehead atoms. The van der Waals surface area contributed by atoms with E-state index in [9.17, 15) is 4.79 Å². The fourth-order valence-corrected chi connectivity index (χ4v) is 3.06. The van der Waals surface area contributed by atoms with Crippen molar-refractivity contribution in [3.8, 4) is 5.75 Å². The molecule has 3 rings (SSSR count). The molecule has 0 fully saturated rings. The van der Waals surface area contributed by atoms with Gasteiger partial charge in [-0.05, 0) is 36.4 Å². The van der Waals surface area contributed by atoms with Crippen LogP contribution < -0.4 is 10.3 Å². The fraction of sp³-hybridized carbons (Fsp3) is 0.176. The average Bonchev–Trinajstić information content (AvgIpc) is 2.57. The van der Waals surface area contributed by atoms with Gasteiger partial charge in [-0.3, -0.25) is 9.36 Å². The molecule has 0 atom stereocenters. The molecule has 23 heavy (non-hydrogen) atoms. The Kier molecular flexibility index (Phi) is 4.88. The lowest BCUT2D eigenvalue weighted by Gasteiger charge is -2.09. The van der Waals surface area contributed by atoms with E-state index in [0.29, 0.717) is 27.9 Å². The SMILES string of the molecule is Cn1c(SCCOc2ccc(Cl)cc2)nc2ccccc2c1=O. The first-order valence-corrected chi connectivity index (χ1v) is 8.48. The maximum atomic E-state index is 12.3. The van der Waals surface area contributed by atoms with Gasteiger partial charge in [-0.2, -0.15) is 0 Å². The highest BCUT2D eigenvalue weighted by molar-refractivity contribution is 7.99. The summed E-state index contributed by atoms with van der Waals surface area (Å²) < 4.78 is 7.22. The molecule has 0 N–H and O–H groups in total. The van der Waals surface area contributed by atoms with Crippen LogP contribution in [-0.2, 0) is 7.05 Å². The van der Waals surface area contributed by atoms with Gasteiger partial charge in [0.25, 0.3) is 5.56 Å². The topological polar surface area (TPSA) is 44.1 Å². The summed E-state index contributed by atoms with van der Waals surface area (Å²) in [6.45, 7) is 0.523. The molecule has 3 aromatic rings. The Hall–Kier alpha value is -1.98. The Bertz CT molecular complexity index is 878. The highest BCUT2D eigenvalue weighted by Crippen LogP contribution is 2.18. The Balaban J connectivity index is 1.66. The second-order valence-electron chi connectivity index (χ2n) is 4.93. The largest absolute Gasteiger partial charge is 0.493 e. The number of ether oxygens (including phenoxy) is 1. The third-order valence-corrected chi connectivity index (χ3v) is 4.59. The highest BCUT2D eigenvalue weighted by atomic mass is 35.5. The minimum atomic E-state index is -0.0308. The van der Waals surface area contributed by atoms with E-state index in [1.165, 1.54) is 11.8 Å². The predicted molar refractivity (Wildman–Crippen MR) is 94.7 cm³/mol. The number of benzene rings is 2. The molecule has 2 aromatic carbocycles. The smallest absolute Gasteiger partial charge is 0.261 e. The van der Waals surface area contributed by atoms with Gasteiger partial charge in [0.15, 0.2) is 5.16 Å². The molecule has 118 valence electrons. The van der Waals surface area contributed by atoms with Crippen molar-refractivity contribution in [2.75, 3.05) is 12.4 Å². The van der Waals surface area contributed by atoms with Gasteiger partial charge in [-0.25, -0.2) is 4.98 Å². The van der Waals surface area contributed by atoms with E-state index in [0.717, 1.165) is 11.3 Å². The van der Waals surface area contributed by atoms with Crippen LogP contribution in [0.25, 0.3) is 10.9 Å². The van der Waals surface area contributed by atoms with E-state index in [1.807, 2.05) is 30.3 Å². The van der Waals surface area contributed by atoms with Crippen molar-refractivity contribution in [2.24, 2.45) is 7.05 Å². The van der Waals surface area contributed by atoms with E-state index in [4.69, 9.17) is 16.3 Å². The maximum absolute atomic E-state index is 12.3. The summed E-state index contributed by atoms with van der Waals surface area (Å²) >= 11 is 7.33. The molecular formula is C17H15ClN2O2S. The second kappa shape index (κ2) is 7.06. The van der Waals surface area contributed by atoms with Crippen LogP contribution in [0.2, 0.25) is 5.02 Å². The molecule has 0 saturated heterocycles. The molecule has 1 aromatic heterocycles. The number of thioether (sulfide) groups is 1. The van der Waals surface area contributed by atoms with E-state index < -0.39 is 0 Å². The Morgan fingerprint density at radius 2 is 1.91 bits per heavy atom. The predicted octanol–water partition coefficient (Wildman–Crippen LogP) is 3.76. The van der Waals surface area contributed by atoms with Crippen molar-refractivity contribution in [3.63, 3.8) is 0 Å². The third-order valence-electron chi connectivity index (χ3n) is 3.34. The Morgan fingerprint density at radius 3 is 2.70 bits per heavy atom. The van der Waals surface area contributed by atoms with Crippen molar-refractivity contribution < 1.29 is 4.74 Å². The quantitative estimate of drug-likeness (QED) is 0.401. The van der Waals surface area contributed by atoms with E-state index in [2.05, 4.69) is 4.98 Å². The number of nitrogens with zero attached hydrogens (tertiary/aromatic N) is 2. The molecule has 0 spiro atoms. The molecule has 4 nitrogen and oxygen atoms in total. The minimum absolute atomic E-state index is 0.0308. The van der Waals surface area contributed by atoms with Crippen LogP contribution in [0, 0.1) is 0 Å². The molecule has 6 heteroatoms. The van der Waals surface area contributed by atoms with Gasteiger partial charge in [0.05, 0.1) is 17.5 Å². The number of fused-ring (bicyclic) bond motifs is 1. The molecule has 0 amide bonds. The van der Waals surface area contributed by atoms with Gasteiger partial charge < -0.3 is 4.74 Å². The monoisotopic (exact) mass is 346 g/mol. The van der Waals surface area contributed by atoms with Gasteiger partial charge in [0, 0.05) is 17.8 Å². The third kappa shape index (κ3) is 3.68. The van der Waals surface area contributed by atoms with Crippen LogP contribution >= 0.6 is 23.4 Å². The lowest BCUT2D eigenvalue weighted by Crippen LogP contribution is -2.20. The summed E-state index contributed by atoms with van der Waals surface area (Å²) in [4.78, 5) is 16.8. The van der Waals surface area contributed by atoms with Crippen molar-refractivity contribution >= 4 is 34.3 Å². The van der Waals surface area contributed by atoms with Crippen molar-refractivity contribution in [1.82, 2.24) is 9.55 Å². The highest BCUT2D eigenvalue weighted by Gasteiger charge is 2.08. The average molecular weight is 347 g/mol. The van der Waals surface area contributed by atoms with Gasteiger partial charge in [0.2, 0.25) is 0 Å². The first-order chi connectivity index (χ1) is 11.1. The van der Waals surface area contributed by atoms with E-state index in [1.54, 1.807) is 29.8 Å². The first kappa shape index (κ1) is 15.9. The Labute approximate surface area is 143 Å². The summed E-state index contributed by atoms with van der Waals surface area (Å²) in [5, 5.41) is 2.01. The zero-order valence-corrected chi connectivity index (χ0v) is 14.1. The normalized spacial score (nSPS) is 10.9. The summed E-state index contributed by atoms with van der Waals surface area (Å²) in [7, 11) is 1.74. The summed E-state index contributed by atoms with van der Waals surface area (Å²) in [5.41, 5.74) is 0.688. The molecule has 0 aliphatic rings. The molecule has 0 saturated carbocycles. The fourth-order valence-electron chi connectivity index (χ4n) is 2.15. The summed E-state index contributed by atoms with van der Waals surface area (Å²) in [6.07, 6.45) is 0. The standard InChI is InChI=1S/C17H15ClN2O2S/c1-20-16(21)14-4-2-3-5-15(14)19-17(20)23-11-10-22-13-8-6-12(18)7-9-13/h2-9H,10-11H2,1H3. The molecule has 0 radical (unpaired) electrons. The van der Waals surface area contributed by atoms with Gasteiger partial charge in [0.1, 0.15) is 5.75 Å². The first-order valence-electron chi connectivity index (χ1n) is 7.12. The summed E-state index contributed by atoms with van der Waals surface area (Å²) in [6, 6.07) is 14.6.